The smallest absolute Gasteiger partial charge is 0.344 e. The lowest BCUT2D eigenvalue weighted by Crippen LogP contribution is -2.25. The molecule has 6 heteroatoms. The van der Waals surface area contributed by atoms with E-state index in [0.717, 1.165) is 11.1 Å². The monoisotopic (exact) mass is 369 g/mol. The molecule has 0 heterocycles. The SMILES string of the molecule is CC(C)(C)C(=O)Oc1ccc(C(Cc2ccccc2)=NOCC(=O)O)cc1. The second-order valence-electron chi connectivity index (χ2n) is 7.03. The zero-order valence-corrected chi connectivity index (χ0v) is 15.6. The molecule has 0 aliphatic carbocycles. The number of carboxylic acids is 1. The quantitative estimate of drug-likeness (QED) is 0.348. The van der Waals surface area contributed by atoms with E-state index in [-0.39, 0.29) is 5.97 Å². The molecular weight excluding hydrogens is 346 g/mol. The Morgan fingerprint density at radius 2 is 1.63 bits per heavy atom. The Morgan fingerprint density at radius 1 is 1.00 bits per heavy atom. The average molecular weight is 369 g/mol. The molecule has 6 nitrogen and oxygen atoms in total. The van der Waals surface area contributed by atoms with Crippen molar-refractivity contribution in [3.05, 3.63) is 65.7 Å². The number of carbonyl (C=O) groups excluding carboxylic acids is 1. The van der Waals surface area contributed by atoms with E-state index in [4.69, 9.17) is 14.7 Å². The second kappa shape index (κ2) is 8.98. The van der Waals surface area contributed by atoms with Gasteiger partial charge in [-0.15, -0.1) is 0 Å². The minimum atomic E-state index is -1.10. The van der Waals surface area contributed by atoms with E-state index >= 15 is 0 Å². The van der Waals surface area contributed by atoms with Gasteiger partial charge in [-0.1, -0.05) is 35.5 Å². The van der Waals surface area contributed by atoms with Crippen molar-refractivity contribution < 1.29 is 24.3 Å². The summed E-state index contributed by atoms with van der Waals surface area (Å²) in [6, 6.07) is 16.5. The number of rotatable bonds is 7. The number of aliphatic carboxylic acids is 1. The third kappa shape index (κ3) is 6.58. The van der Waals surface area contributed by atoms with Crippen LogP contribution < -0.4 is 4.74 Å². The van der Waals surface area contributed by atoms with E-state index < -0.39 is 18.0 Å². The van der Waals surface area contributed by atoms with Gasteiger partial charge in [0.25, 0.3) is 0 Å². The van der Waals surface area contributed by atoms with Crippen molar-refractivity contribution in [1.29, 1.82) is 0 Å². The van der Waals surface area contributed by atoms with Crippen molar-refractivity contribution in [2.24, 2.45) is 10.6 Å². The van der Waals surface area contributed by atoms with Crippen molar-refractivity contribution in [1.82, 2.24) is 0 Å². The number of carboxylic acid groups (broad SMARTS) is 1. The Kier molecular flexibility index (Phi) is 6.71. The Balaban J connectivity index is 2.19. The van der Waals surface area contributed by atoms with Gasteiger partial charge in [0.05, 0.1) is 11.1 Å². The number of carbonyl (C=O) groups is 2. The molecule has 2 aromatic carbocycles. The predicted octanol–water partition coefficient (Wildman–Crippen LogP) is 3.69. The lowest BCUT2D eigenvalue weighted by Gasteiger charge is -2.16. The first-order valence-electron chi connectivity index (χ1n) is 8.53. The fourth-order valence-electron chi connectivity index (χ4n) is 2.12. The van der Waals surface area contributed by atoms with Gasteiger partial charge in [0.1, 0.15) is 5.75 Å². The number of esters is 1. The summed E-state index contributed by atoms with van der Waals surface area (Å²) in [7, 11) is 0. The van der Waals surface area contributed by atoms with Crippen LogP contribution >= 0.6 is 0 Å². The Hall–Kier alpha value is -3.15. The largest absolute Gasteiger partial charge is 0.479 e. The van der Waals surface area contributed by atoms with Gasteiger partial charge in [-0.2, -0.15) is 0 Å². The molecule has 142 valence electrons. The normalized spacial score (nSPS) is 11.7. The highest BCUT2D eigenvalue weighted by molar-refractivity contribution is 6.01. The zero-order valence-electron chi connectivity index (χ0n) is 15.6. The first kappa shape index (κ1) is 20.2. The first-order chi connectivity index (χ1) is 12.8. The summed E-state index contributed by atoms with van der Waals surface area (Å²) < 4.78 is 5.36. The third-order valence-electron chi connectivity index (χ3n) is 3.59. The minimum Gasteiger partial charge on any atom is -0.479 e. The van der Waals surface area contributed by atoms with Crippen LogP contribution in [0.25, 0.3) is 0 Å². The standard InChI is InChI=1S/C21H23NO5/c1-21(2,3)20(25)27-17-11-9-16(10-12-17)18(22-26-14-19(23)24)13-15-7-5-4-6-8-15/h4-12H,13-14H2,1-3H3,(H,23,24). The first-order valence-corrected chi connectivity index (χ1v) is 8.53. The highest BCUT2D eigenvalue weighted by atomic mass is 16.6. The second-order valence-corrected chi connectivity index (χ2v) is 7.03. The fraction of sp³-hybridized carbons (Fsp3) is 0.286. The van der Waals surface area contributed by atoms with E-state index in [1.807, 2.05) is 30.3 Å². The fourth-order valence-corrected chi connectivity index (χ4v) is 2.12. The maximum absolute atomic E-state index is 12.0. The number of hydrogen-bond acceptors (Lipinski definition) is 5. The van der Waals surface area contributed by atoms with Crippen molar-refractivity contribution >= 4 is 17.7 Å². The molecule has 2 rings (SSSR count). The van der Waals surface area contributed by atoms with Crippen LogP contribution in [0.4, 0.5) is 0 Å². The van der Waals surface area contributed by atoms with Gasteiger partial charge >= 0.3 is 11.9 Å². The summed E-state index contributed by atoms with van der Waals surface area (Å²) in [5.74, 6) is -0.982. The van der Waals surface area contributed by atoms with Crippen LogP contribution in [0.5, 0.6) is 5.75 Å². The molecule has 27 heavy (non-hydrogen) atoms. The Morgan fingerprint density at radius 3 is 2.19 bits per heavy atom. The molecule has 0 bridgehead atoms. The van der Waals surface area contributed by atoms with E-state index in [1.54, 1.807) is 45.0 Å². The number of oxime groups is 1. The molecule has 0 atom stereocenters. The Bertz CT molecular complexity index is 805. The van der Waals surface area contributed by atoms with Gasteiger partial charge in [0.15, 0.2) is 0 Å². The van der Waals surface area contributed by atoms with Crippen molar-refractivity contribution in [2.75, 3.05) is 6.61 Å². The van der Waals surface area contributed by atoms with Crippen molar-refractivity contribution in [3.63, 3.8) is 0 Å². The van der Waals surface area contributed by atoms with Gasteiger partial charge in [-0.3, -0.25) is 4.79 Å². The molecular formula is C21H23NO5. The summed E-state index contributed by atoms with van der Waals surface area (Å²) in [5.41, 5.74) is 1.75. The third-order valence-corrected chi connectivity index (χ3v) is 3.59. The number of ether oxygens (including phenoxy) is 1. The molecule has 0 radical (unpaired) electrons. The topological polar surface area (TPSA) is 85.2 Å². The summed E-state index contributed by atoms with van der Waals surface area (Å²) in [5, 5.41) is 12.7. The number of benzene rings is 2. The van der Waals surface area contributed by atoms with Gasteiger partial charge < -0.3 is 14.7 Å². The molecule has 0 aliphatic heterocycles. The van der Waals surface area contributed by atoms with Gasteiger partial charge in [-0.05, 0) is 56.2 Å². The van der Waals surface area contributed by atoms with Gasteiger partial charge in [-0.25, -0.2) is 4.79 Å². The highest BCUT2D eigenvalue weighted by Crippen LogP contribution is 2.20. The number of hydrogen-bond donors (Lipinski definition) is 1. The van der Waals surface area contributed by atoms with Crippen LogP contribution in [0.2, 0.25) is 0 Å². The number of nitrogens with zero attached hydrogens (tertiary/aromatic N) is 1. The van der Waals surface area contributed by atoms with E-state index in [9.17, 15) is 9.59 Å². The lowest BCUT2D eigenvalue weighted by atomic mass is 9.97. The molecule has 2 aromatic rings. The minimum absolute atomic E-state index is 0.321. The van der Waals surface area contributed by atoms with Crippen LogP contribution in [-0.2, 0) is 20.8 Å². The lowest BCUT2D eigenvalue weighted by molar-refractivity contribution is -0.143. The molecule has 0 aliphatic rings. The van der Waals surface area contributed by atoms with E-state index in [2.05, 4.69) is 5.16 Å². The highest BCUT2D eigenvalue weighted by Gasteiger charge is 2.23. The predicted molar refractivity (Wildman–Crippen MR) is 102 cm³/mol. The Labute approximate surface area is 158 Å². The average Bonchev–Trinajstić information content (AvgIpc) is 2.61. The summed E-state index contributed by atoms with van der Waals surface area (Å²) in [4.78, 5) is 27.6. The maximum Gasteiger partial charge on any atom is 0.344 e. The van der Waals surface area contributed by atoms with Crippen molar-refractivity contribution in [3.8, 4) is 5.75 Å². The van der Waals surface area contributed by atoms with E-state index in [1.165, 1.54) is 0 Å². The van der Waals surface area contributed by atoms with Gasteiger partial charge in [0, 0.05) is 6.42 Å². The van der Waals surface area contributed by atoms with Crippen molar-refractivity contribution in [2.45, 2.75) is 27.2 Å². The molecule has 0 amide bonds. The molecule has 0 aromatic heterocycles. The zero-order chi connectivity index (χ0) is 19.9. The van der Waals surface area contributed by atoms with Gasteiger partial charge in [0.2, 0.25) is 6.61 Å². The molecule has 0 spiro atoms. The molecule has 1 N–H and O–H groups in total. The van der Waals surface area contributed by atoms with Crippen LogP contribution in [0, 0.1) is 5.41 Å². The van der Waals surface area contributed by atoms with E-state index in [0.29, 0.717) is 17.9 Å². The van der Waals surface area contributed by atoms with Crippen LogP contribution in [-0.4, -0.2) is 29.4 Å². The van der Waals surface area contributed by atoms with Crippen LogP contribution in [0.1, 0.15) is 31.9 Å². The van der Waals surface area contributed by atoms with Crippen LogP contribution in [0.3, 0.4) is 0 Å². The molecule has 0 unspecified atom stereocenters. The summed E-state index contributed by atoms with van der Waals surface area (Å²) in [6.07, 6.45) is 0.474. The summed E-state index contributed by atoms with van der Waals surface area (Å²) in [6.45, 7) is 4.84. The molecule has 0 fully saturated rings. The molecule has 0 saturated heterocycles. The summed E-state index contributed by atoms with van der Waals surface area (Å²) >= 11 is 0. The molecule has 0 saturated carbocycles. The van der Waals surface area contributed by atoms with Crippen LogP contribution in [0.15, 0.2) is 59.8 Å². The maximum atomic E-state index is 12.0.